The first-order valence-corrected chi connectivity index (χ1v) is 8.30. The fraction of sp³-hybridized carbons (Fsp3) is 0.357. The molecular weight excluding hydrogens is 288 g/mol. The second kappa shape index (κ2) is 6.28. The minimum Gasteiger partial charge on any atom is -0.383 e. The van der Waals surface area contributed by atoms with Crippen molar-refractivity contribution in [3.8, 4) is 0 Å². The highest BCUT2D eigenvalue weighted by molar-refractivity contribution is 7.89. The summed E-state index contributed by atoms with van der Waals surface area (Å²) in [6.45, 7) is 4.15. The van der Waals surface area contributed by atoms with E-state index in [1.807, 2.05) is 44.2 Å². The van der Waals surface area contributed by atoms with Gasteiger partial charge in [0, 0.05) is 6.54 Å². The van der Waals surface area contributed by atoms with Gasteiger partial charge in [-0.15, -0.1) is 0 Å². The SMILES string of the molecule is CCC(C)n1ncc(S(=O)(=O)NCc2ccccc2)c1N. The Balaban J connectivity index is 2.18. The van der Waals surface area contributed by atoms with Crippen molar-refractivity contribution >= 4 is 15.8 Å². The van der Waals surface area contributed by atoms with Gasteiger partial charge in [0.1, 0.15) is 10.7 Å². The molecule has 0 radical (unpaired) electrons. The van der Waals surface area contributed by atoms with Gasteiger partial charge in [0.05, 0.1) is 12.2 Å². The van der Waals surface area contributed by atoms with Crippen LogP contribution in [0.5, 0.6) is 0 Å². The van der Waals surface area contributed by atoms with Crippen LogP contribution in [0.25, 0.3) is 0 Å². The summed E-state index contributed by atoms with van der Waals surface area (Å²) >= 11 is 0. The summed E-state index contributed by atoms with van der Waals surface area (Å²) in [5, 5.41) is 4.08. The van der Waals surface area contributed by atoms with E-state index < -0.39 is 10.0 Å². The lowest BCUT2D eigenvalue weighted by atomic mass is 10.2. The molecule has 0 saturated heterocycles. The van der Waals surface area contributed by atoms with E-state index in [0.717, 1.165) is 12.0 Å². The van der Waals surface area contributed by atoms with Gasteiger partial charge in [-0.3, -0.25) is 0 Å². The van der Waals surface area contributed by atoms with Gasteiger partial charge in [0.15, 0.2) is 0 Å². The van der Waals surface area contributed by atoms with E-state index in [0.29, 0.717) is 0 Å². The molecular formula is C14H20N4O2S. The maximum Gasteiger partial charge on any atom is 0.246 e. The molecule has 0 saturated carbocycles. The lowest BCUT2D eigenvalue weighted by molar-refractivity contribution is 0.484. The van der Waals surface area contributed by atoms with E-state index in [-0.39, 0.29) is 23.3 Å². The molecule has 1 aromatic heterocycles. The summed E-state index contributed by atoms with van der Waals surface area (Å²) < 4.78 is 28.7. The molecule has 0 bridgehead atoms. The molecule has 0 fully saturated rings. The van der Waals surface area contributed by atoms with Crippen LogP contribution in [0, 0.1) is 0 Å². The Kier molecular flexibility index (Phi) is 4.64. The number of benzene rings is 1. The molecule has 1 aromatic carbocycles. The fourth-order valence-corrected chi connectivity index (χ4v) is 3.01. The number of nitrogen functional groups attached to an aromatic ring is 1. The summed E-state index contributed by atoms with van der Waals surface area (Å²) in [6.07, 6.45) is 2.12. The minimum atomic E-state index is -3.67. The Morgan fingerprint density at radius 2 is 2.00 bits per heavy atom. The summed E-state index contributed by atoms with van der Waals surface area (Å²) in [6, 6.07) is 9.37. The smallest absolute Gasteiger partial charge is 0.246 e. The van der Waals surface area contributed by atoms with Gasteiger partial charge in [-0.1, -0.05) is 37.3 Å². The zero-order chi connectivity index (χ0) is 15.5. The number of nitrogens with two attached hydrogens (primary N) is 1. The molecule has 1 heterocycles. The molecule has 1 atom stereocenters. The third-order valence-electron chi connectivity index (χ3n) is 3.41. The van der Waals surface area contributed by atoms with Gasteiger partial charge in [-0.2, -0.15) is 5.10 Å². The lowest BCUT2D eigenvalue weighted by Crippen LogP contribution is -2.24. The molecule has 3 N–H and O–H groups in total. The molecule has 7 heteroatoms. The Hall–Kier alpha value is -1.86. The first-order chi connectivity index (χ1) is 9.95. The van der Waals surface area contributed by atoms with Crippen molar-refractivity contribution in [1.82, 2.24) is 14.5 Å². The van der Waals surface area contributed by atoms with E-state index in [4.69, 9.17) is 5.73 Å². The van der Waals surface area contributed by atoms with E-state index in [1.54, 1.807) is 0 Å². The van der Waals surface area contributed by atoms with Crippen LogP contribution in [-0.2, 0) is 16.6 Å². The predicted octanol–water partition coefficient (Wildman–Crippen LogP) is 1.91. The largest absolute Gasteiger partial charge is 0.383 e. The summed E-state index contributed by atoms with van der Waals surface area (Å²) in [7, 11) is -3.67. The van der Waals surface area contributed by atoms with Crippen molar-refractivity contribution < 1.29 is 8.42 Å². The maximum absolute atomic E-state index is 12.3. The Labute approximate surface area is 125 Å². The molecule has 0 amide bonds. The van der Waals surface area contributed by atoms with Crippen molar-refractivity contribution in [3.05, 3.63) is 42.1 Å². The standard InChI is InChI=1S/C14H20N4O2S/c1-3-11(2)18-14(15)13(10-16-18)21(19,20)17-9-12-7-5-4-6-8-12/h4-8,10-11,17H,3,9,15H2,1-2H3. The van der Waals surface area contributed by atoms with Crippen LogP contribution in [0.1, 0.15) is 31.9 Å². The topological polar surface area (TPSA) is 90.0 Å². The zero-order valence-corrected chi connectivity index (χ0v) is 13.0. The number of hydrogen-bond acceptors (Lipinski definition) is 4. The van der Waals surface area contributed by atoms with Gasteiger partial charge in [-0.05, 0) is 18.9 Å². The molecule has 114 valence electrons. The molecule has 2 rings (SSSR count). The normalized spacial score (nSPS) is 13.2. The molecule has 0 spiro atoms. The molecule has 1 unspecified atom stereocenters. The molecule has 0 aliphatic rings. The number of aromatic nitrogens is 2. The molecule has 0 aliphatic heterocycles. The number of anilines is 1. The third-order valence-corrected chi connectivity index (χ3v) is 4.82. The zero-order valence-electron chi connectivity index (χ0n) is 12.2. The third kappa shape index (κ3) is 3.43. The average Bonchev–Trinajstić information content (AvgIpc) is 2.88. The number of rotatable bonds is 6. The van der Waals surface area contributed by atoms with E-state index in [9.17, 15) is 8.42 Å². The fourth-order valence-electron chi connectivity index (χ4n) is 1.94. The van der Waals surface area contributed by atoms with Crippen LogP contribution < -0.4 is 10.5 Å². The highest BCUT2D eigenvalue weighted by Crippen LogP contribution is 2.22. The Morgan fingerprint density at radius 1 is 1.33 bits per heavy atom. The average molecular weight is 308 g/mol. The first-order valence-electron chi connectivity index (χ1n) is 6.82. The van der Waals surface area contributed by atoms with Crippen LogP contribution in [0.3, 0.4) is 0 Å². The van der Waals surface area contributed by atoms with Crippen molar-refractivity contribution in [2.75, 3.05) is 5.73 Å². The maximum atomic E-state index is 12.3. The van der Waals surface area contributed by atoms with Crippen LogP contribution in [0.4, 0.5) is 5.82 Å². The Bertz CT molecular complexity index is 695. The molecule has 21 heavy (non-hydrogen) atoms. The van der Waals surface area contributed by atoms with Crippen molar-refractivity contribution in [1.29, 1.82) is 0 Å². The number of nitrogens with one attached hydrogen (secondary N) is 1. The minimum absolute atomic E-state index is 0.0266. The van der Waals surface area contributed by atoms with E-state index in [1.165, 1.54) is 10.9 Å². The second-order valence-electron chi connectivity index (χ2n) is 4.91. The van der Waals surface area contributed by atoms with Crippen LogP contribution in [0.2, 0.25) is 0 Å². The van der Waals surface area contributed by atoms with Gasteiger partial charge < -0.3 is 5.73 Å². The van der Waals surface area contributed by atoms with Gasteiger partial charge in [-0.25, -0.2) is 17.8 Å². The van der Waals surface area contributed by atoms with E-state index in [2.05, 4.69) is 9.82 Å². The van der Waals surface area contributed by atoms with E-state index >= 15 is 0 Å². The monoisotopic (exact) mass is 308 g/mol. The van der Waals surface area contributed by atoms with Gasteiger partial charge in [0.2, 0.25) is 10.0 Å². The van der Waals surface area contributed by atoms with Crippen molar-refractivity contribution in [2.45, 2.75) is 37.8 Å². The summed E-state index contributed by atoms with van der Waals surface area (Å²) in [4.78, 5) is 0.0266. The highest BCUT2D eigenvalue weighted by atomic mass is 32.2. The number of sulfonamides is 1. The quantitative estimate of drug-likeness (QED) is 0.853. The van der Waals surface area contributed by atoms with Crippen LogP contribution in [-0.4, -0.2) is 18.2 Å². The van der Waals surface area contributed by atoms with Crippen LogP contribution >= 0.6 is 0 Å². The van der Waals surface area contributed by atoms with Crippen LogP contribution in [0.15, 0.2) is 41.4 Å². The van der Waals surface area contributed by atoms with Gasteiger partial charge in [0.25, 0.3) is 0 Å². The first kappa shape index (κ1) is 15.5. The number of nitrogens with zero attached hydrogens (tertiary/aromatic N) is 2. The molecule has 2 aromatic rings. The molecule has 0 aliphatic carbocycles. The number of hydrogen-bond donors (Lipinski definition) is 2. The Morgan fingerprint density at radius 3 is 2.62 bits per heavy atom. The van der Waals surface area contributed by atoms with Gasteiger partial charge >= 0.3 is 0 Å². The lowest BCUT2D eigenvalue weighted by Gasteiger charge is -2.12. The summed E-state index contributed by atoms with van der Waals surface area (Å²) in [5.41, 5.74) is 6.80. The highest BCUT2D eigenvalue weighted by Gasteiger charge is 2.22. The molecule has 6 nitrogen and oxygen atoms in total. The predicted molar refractivity (Wildman–Crippen MR) is 82.1 cm³/mol. The van der Waals surface area contributed by atoms with Crippen molar-refractivity contribution in [3.63, 3.8) is 0 Å². The van der Waals surface area contributed by atoms with Crippen molar-refractivity contribution in [2.24, 2.45) is 0 Å². The second-order valence-corrected chi connectivity index (χ2v) is 6.64. The summed E-state index contributed by atoms with van der Waals surface area (Å²) in [5.74, 6) is 0.171.